The van der Waals surface area contributed by atoms with Crippen LogP contribution >= 0.6 is 15.9 Å². The average molecular weight is 880 g/mol. The van der Waals surface area contributed by atoms with Gasteiger partial charge in [-0.05, 0) is 147 Å². The van der Waals surface area contributed by atoms with Crippen LogP contribution in [-0.4, -0.2) is 9.55 Å². The van der Waals surface area contributed by atoms with Crippen molar-refractivity contribution in [3.8, 4) is 17.1 Å². The number of anilines is 6. The molecule has 4 nitrogen and oxygen atoms in total. The molecule has 314 valence electrons. The smallest absolute Gasteiger partial charge is 0.146 e. The molecular formula is C57H59BrN4. The molecule has 0 saturated heterocycles. The number of benzene rings is 7. The van der Waals surface area contributed by atoms with Gasteiger partial charge in [-0.15, -0.1) is 0 Å². The molecule has 1 aromatic heterocycles. The van der Waals surface area contributed by atoms with Crippen LogP contribution in [0.3, 0.4) is 0 Å². The summed E-state index contributed by atoms with van der Waals surface area (Å²) >= 11 is 4.35. The first-order valence-electron chi connectivity index (χ1n) is 21.7. The average Bonchev–Trinajstić information content (AvgIpc) is 3.60. The number of imidazole rings is 1. The second-order valence-electron chi connectivity index (χ2n) is 19.7. The number of para-hydroxylation sites is 2. The van der Waals surface area contributed by atoms with E-state index >= 15 is 0 Å². The summed E-state index contributed by atoms with van der Waals surface area (Å²) in [5.41, 5.74) is 16.6. The van der Waals surface area contributed by atoms with Gasteiger partial charge in [0, 0.05) is 28.3 Å². The summed E-state index contributed by atoms with van der Waals surface area (Å²) in [7, 11) is 0. The summed E-state index contributed by atoms with van der Waals surface area (Å²) < 4.78 is 3.33. The van der Waals surface area contributed by atoms with Crippen molar-refractivity contribution >= 4 is 61.1 Å². The highest BCUT2D eigenvalue weighted by molar-refractivity contribution is 9.10. The first-order valence-corrected chi connectivity index (χ1v) is 22.5. The summed E-state index contributed by atoms with van der Waals surface area (Å²) in [4.78, 5) is 10.3. The van der Waals surface area contributed by atoms with E-state index in [1.165, 1.54) is 27.8 Å². The van der Waals surface area contributed by atoms with Crippen LogP contribution < -0.4 is 9.80 Å². The van der Waals surface area contributed by atoms with Crippen LogP contribution in [0.15, 0.2) is 162 Å². The molecule has 8 rings (SSSR count). The van der Waals surface area contributed by atoms with E-state index in [1.807, 2.05) is 0 Å². The minimum atomic E-state index is -0.0399. The van der Waals surface area contributed by atoms with E-state index in [4.69, 9.17) is 4.98 Å². The van der Waals surface area contributed by atoms with Gasteiger partial charge in [-0.25, -0.2) is 4.98 Å². The molecule has 5 heteroatoms. The van der Waals surface area contributed by atoms with Gasteiger partial charge in [-0.3, -0.25) is 4.57 Å². The van der Waals surface area contributed by atoms with E-state index in [0.29, 0.717) is 0 Å². The molecular weight excluding hydrogens is 821 g/mol. The summed E-state index contributed by atoms with van der Waals surface area (Å²) in [6.07, 6.45) is 0. The van der Waals surface area contributed by atoms with E-state index in [-0.39, 0.29) is 16.2 Å². The molecule has 8 aromatic rings. The van der Waals surface area contributed by atoms with Crippen molar-refractivity contribution in [1.29, 1.82) is 0 Å². The summed E-state index contributed by atoms with van der Waals surface area (Å²) in [5, 5.41) is 0. The third kappa shape index (κ3) is 8.35. The number of aromatic nitrogens is 2. The van der Waals surface area contributed by atoms with Gasteiger partial charge >= 0.3 is 0 Å². The highest BCUT2D eigenvalue weighted by atomic mass is 79.9. The monoisotopic (exact) mass is 878 g/mol. The van der Waals surface area contributed by atoms with Crippen molar-refractivity contribution in [2.45, 2.75) is 92.4 Å². The third-order valence-corrected chi connectivity index (χ3v) is 12.8. The first-order chi connectivity index (χ1) is 29.4. The number of fused-ring (bicyclic) bond motifs is 1. The number of aryl methyl sites for hydroxylation is 2. The number of halogens is 1. The molecule has 0 radical (unpaired) electrons. The van der Waals surface area contributed by atoms with Crippen LogP contribution in [-0.2, 0) is 16.2 Å². The molecule has 0 aliphatic rings. The molecule has 0 unspecified atom stereocenters. The molecule has 0 spiro atoms. The quantitative estimate of drug-likeness (QED) is 0.152. The largest absolute Gasteiger partial charge is 0.310 e. The maximum atomic E-state index is 5.56. The lowest BCUT2D eigenvalue weighted by molar-refractivity contribution is 0.590. The normalized spacial score (nSPS) is 12.2. The maximum Gasteiger partial charge on any atom is 0.146 e. The minimum Gasteiger partial charge on any atom is -0.310 e. The molecule has 0 N–H and O–H groups in total. The van der Waals surface area contributed by atoms with Crippen molar-refractivity contribution in [1.82, 2.24) is 9.55 Å². The Kier molecular flexibility index (Phi) is 11.3. The topological polar surface area (TPSA) is 24.3 Å². The Balaban J connectivity index is 1.51. The predicted octanol–water partition coefficient (Wildman–Crippen LogP) is 16.9. The second kappa shape index (κ2) is 16.4. The lowest BCUT2D eigenvalue weighted by atomic mass is 9.86. The molecule has 0 atom stereocenters. The summed E-state index contributed by atoms with van der Waals surface area (Å²) in [6, 6.07) is 57.5. The van der Waals surface area contributed by atoms with Gasteiger partial charge in [0.2, 0.25) is 0 Å². The Morgan fingerprint density at radius 1 is 0.452 bits per heavy atom. The van der Waals surface area contributed by atoms with Crippen LogP contribution in [0.5, 0.6) is 0 Å². The Labute approximate surface area is 378 Å². The summed E-state index contributed by atoms with van der Waals surface area (Å²) in [6.45, 7) is 24.8. The Hall–Kier alpha value is -5.91. The van der Waals surface area contributed by atoms with Crippen LogP contribution in [0.4, 0.5) is 34.1 Å². The molecule has 0 fully saturated rings. The van der Waals surface area contributed by atoms with Gasteiger partial charge in [0.05, 0.1) is 32.6 Å². The molecule has 0 aliphatic heterocycles. The molecule has 0 amide bonds. The lowest BCUT2D eigenvalue weighted by Crippen LogP contribution is -2.17. The number of hydrogen-bond acceptors (Lipinski definition) is 3. The van der Waals surface area contributed by atoms with Crippen LogP contribution in [0.1, 0.15) is 90.1 Å². The zero-order valence-corrected chi connectivity index (χ0v) is 39.8. The number of rotatable bonds is 8. The zero-order valence-electron chi connectivity index (χ0n) is 38.2. The fourth-order valence-corrected chi connectivity index (χ4v) is 8.99. The fraction of sp³-hybridized carbons (Fsp3) is 0.246. The summed E-state index contributed by atoms with van der Waals surface area (Å²) in [5.74, 6) is 0.909. The first kappa shape index (κ1) is 42.8. The Morgan fingerprint density at radius 3 is 1.37 bits per heavy atom. The molecule has 7 aromatic carbocycles. The Bertz CT molecular complexity index is 2740. The maximum absolute atomic E-state index is 5.56. The van der Waals surface area contributed by atoms with E-state index in [2.05, 4.69) is 264 Å². The van der Waals surface area contributed by atoms with Gasteiger partial charge < -0.3 is 9.80 Å². The molecule has 62 heavy (non-hydrogen) atoms. The lowest BCUT2D eigenvalue weighted by Gasteiger charge is -2.32. The third-order valence-electron chi connectivity index (χ3n) is 12.0. The molecule has 0 aliphatic carbocycles. The van der Waals surface area contributed by atoms with E-state index < -0.39 is 0 Å². The van der Waals surface area contributed by atoms with Gasteiger partial charge in [0.1, 0.15) is 5.82 Å². The molecule has 0 bridgehead atoms. The molecule has 1 heterocycles. The highest BCUT2D eigenvalue weighted by Gasteiger charge is 2.28. The minimum absolute atomic E-state index is 0.0106. The van der Waals surface area contributed by atoms with Crippen molar-refractivity contribution < 1.29 is 0 Å². The highest BCUT2D eigenvalue weighted by Crippen LogP contribution is 2.49. The Morgan fingerprint density at radius 2 is 0.903 bits per heavy atom. The fourth-order valence-electron chi connectivity index (χ4n) is 8.41. The van der Waals surface area contributed by atoms with Gasteiger partial charge in [-0.1, -0.05) is 147 Å². The van der Waals surface area contributed by atoms with Crippen molar-refractivity contribution in [3.05, 3.63) is 190 Å². The van der Waals surface area contributed by atoms with Crippen molar-refractivity contribution in [2.24, 2.45) is 0 Å². The van der Waals surface area contributed by atoms with Crippen LogP contribution in [0.25, 0.3) is 28.1 Å². The van der Waals surface area contributed by atoms with Crippen LogP contribution in [0, 0.1) is 13.8 Å². The van der Waals surface area contributed by atoms with E-state index in [9.17, 15) is 0 Å². The van der Waals surface area contributed by atoms with Crippen LogP contribution in [0.2, 0.25) is 0 Å². The van der Waals surface area contributed by atoms with Gasteiger partial charge in [-0.2, -0.15) is 0 Å². The predicted molar refractivity (Wildman–Crippen MR) is 269 cm³/mol. The van der Waals surface area contributed by atoms with Crippen molar-refractivity contribution in [3.63, 3.8) is 0 Å². The second-order valence-corrected chi connectivity index (χ2v) is 20.5. The standard InChI is InChI=1S/C57H59BrN4/c1-38-19-18-20-39(2)52(38)54-59-48-35-42(57(9,10)11)29-34-49(48)62(54)51-37-47(60(43-21-14-12-15-22-43)44-23-16-13-17-24-44)36-50(53(51)58)61(45-30-25-40(26-31-45)55(3,4)5)46-32-27-41(28-33-46)56(6,7)8/h12-37H,1-11H3. The van der Waals surface area contributed by atoms with Gasteiger partial charge in [0.25, 0.3) is 0 Å². The number of nitrogens with zero attached hydrogens (tertiary/aromatic N) is 4. The van der Waals surface area contributed by atoms with E-state index in [0.717, 1.165) is 66.7 Å². The number of hydrogen-bond donors (Lipinski definition) is 0. The molecule has 0 saturated carbocycles. The van der Waals surface area contributed by atoms with Crippen molar-refractivity contribution in [2.75, 3.05) is 9.80 Å². The van der Waals surface area contributed by atoms with Gasteiger partial charge in [0.15, 0.2) is 0 Å². The SMILES string of the molecule is Cc1cccc(C)c1-c1nc2cc(C(C)(C)C)ccc2n1-c1cc(N(c2ccccc2)c2ccccc2)cc(N(c2ccc(C(C)(C)C)cc2)c2ccc(C(C)(C)C)cc2)c1Br. The van der Waals surface area contributed by atoms with E-state index in [1.54, 1.807) is 0 Å². The zero-order chi connectivity index (χ0) is 44.1.